The van der Waals surface area contributed by atoms with Gasteiger partial charge in [0.15, 0.2) is 0 Å². The Kier molecular flexibility index (Phi) is 22.4. The Bertz CT molecular complexity index is 211. The number of hydrogen-bond acceptors (Lipinski definition) is 1. The van der Waals surface area contributed by atoms with Crippen LogP contribution in [0.25, 0.3) is 16.0 Å². The summed E-state index contributed by atoms with van der Waals surface area (Å²) in [6.07, 6.45) is 0. The van der Waals surface area contributed by atoms with E-state index in [9.17, 15) is 0 Å². The summed E-state index contributed by atoms with van der Waals surface area (Å²) in [4.78, 5) is 2.52. The molecule has 0 amide bonds. The molecular weight excluding hydrogens is 192 g/mol. The van der Waals surface area contributed by atoms with Crippen LogP contribution in [-0.2, 0) is 0 Å². The maximum atomic E-state index is 6.75. The van der Waals surface area contributed by atoms with Gasteiger partial charge < -0.3 is 11.1 Å². The molecule has 1 aromatic rings. The molecule has 0 fully saturated rings. The summed E-state index contributed by atoms with van der Waals surface area (Å²) in [5.74, 6) is 0. The van der Waals surface area contributed by atoms with E-state index in [0.29, 0.717) is 0 Å². The van der Waals surface area contributed by atoms with E-state index in [1.165, 1.54) is 4.91 Å². The van der Waals surface area contributed by atoms with Crippen molar-refractivity contribution in [1.82, 2.24) is 0 Å². The molecule has 1 aromatic carbocycles. The predicted molar refractivity (Wildman–Crippen MR) is 43.8 cm³/mol. The Hall–Kier alpha value is 0.880. The minimum Gasteiger partial charge on any atom is -0.373 e. The van der Waals surface area contributed by atoms with Gasteiger partial charge in [0.2, 0.25) is 0 Å². The molecule has 52 valence electrons. The first-order valence-corrected chi connectivity index (χ1v) is 2.98. The van der Waals surface area contributed by atoms with Crippen molar-refractivity contribution in [2.45, 2.75) is 4.90 Å². The SMILES string of the molecule is Sc1ccccc1.[N-]=[N+]=[N-].[Na+].[Na+]. The average Bonchev–Trinajstić information content (AvgIpc) is 1.91. The smallest absolute Gasteiger partial charge is 0.373 e. The van der Waals surface area contributed by atoms with Crippen molar-refractivity contribution in [2.24, 2.45) is 0 Å². The second-order valence-corrected chi connectivity index (χ2v) is 1.94. The molecule has 0 aliphatic rings. The predicted octanol–water partition coefficient (Wildman–Crippen LogP) is -3.15. The van der Waals surface area contributed by atoms with Gasteiger partial charge >= 0.3 is 59.1 Å². The van der Waals surface area contributed by atoms with Gasteiger partial charge in [0.05, 0.1) is 0 Å². The van der Waals surface area contributed by atoms with E-state index in [4.69, 9.17) is 11.1 Å². The third kappa shape index (κ3) is 13.5. The molecule has 0 aliphatic carbocycles. The first-order chi connectivity index (χ1) is 4.81. The Morgan fingerprint density at radius 2 is 1.33 bits per heavy atom. The first-order valence-electron chi connectivity index (χ1n) is 2.53. The van der Waals surface area contributed by atoms with Crippen LogP contribution in [0.3, 0.4) is 0 Å². The van der Waals surface area contributed by atoms with Gasteiger partial charge in [-0.25, -0.2) is 0 Å². The van der Waals surface area contributed by atoms with Crippen LogP contribution in [0.1, 0.15) is 0 Å². The number of benzene rings is 1. The van der Waals surface area contributed by atoms with E-state index >= 15 is 0 Å². The summed E-state index contributed by atoms with van der Waals surface area (Å²) in [6, 6.07) is 9.79. The van der Waals surface area contributed by atoms with Crippen molar-refractivity contribution in [2.75, 3.05) is 0 Å². The van der Waals surface area contributed by atoms with Crippen molar-refractivity contribution in [3.8, 4) is 0 Å². The summed E-state index contributed by atoms with van der Waals surface area (Å²) in [5.41, 5.74) is 13.5. The largest absolute Gasteiger partial charge is 1.00 e. The van der Waals surface area contributed by atoms with Crippen LogP contribution in [0, 0.1) is 0 Å². The van der Waals surface area contributed by atoms with E-state index in [1.807, 2.05) is 30.3 Å². The van der Waals surface area contributed by atoms with Crippen molar-refractivity contribution in [3.05, 3.63) is 46.3 Å². The molecule has 0 radical (unpaired) electrons. The zero-order valence-corrected chi connectivity index (χ0v) is 12.1. The van der Waals surface area contributed by atoms with Gasteiger partial charge in [0, 0.05) is 4.90 Å². The molecule has 0 heterocycles. The standard InChI is InChI=1S/C6H6S.N3.2Na/c7-6-4-2-1-3-5-6;1-3-2;;/h1-5,7H;;;/q;-1;2*+1. The van der Waals surface area contributed by atoms with Crippen LogP contribution in [-0.4, -0.2) is 0 Å². The first kappa shape index (κ1) is 18.6. The molecule has 0 atom stereocenters. The fraction of sp³-hybridized carbons (Fsp3) is 0. The Labute approximate surface area is 121 Å². The third-order valence-corrected chi connectivity index (χ3v) is 1.05. The molecule has 0 aliphatic heterocycles. The molecular formula is C6H6N3Na2S+. The van der Waals surface area contributed by atoms with Gasteiger partial charge in [-0.2, -0.15) is 0 Å². The van der Waals surface area contributed by atoms with E-state index < -0.39 is 0 Å². The molecule has 0 saturated carbocycles. The summed E-state index contributed by atoms with van der Waals surface area (Å²) in [6.45, 7) is 0. The second-order valence-electron chi connectivity index (χ2n) is 1.42. The third-order valence-electron chi connectivity index (χ3n) is 0.756. The average molecular weight is 198 g/mol. The molecule has 12 heavy (non-hydrogen) atoms. The van der Waals surface area contributed by atoms with E-state index in [0.717, 1.165) is 4.90 Å². The van der Waals surface area contributed by atoms with Crippen molar-refractivity contribution in [3.63, 3.8) is 0 Å². The number of thiol groups is 1. The van der Waals surface area contributed by atoms with Crippen LogP contribution < -0.4 is 59.1 Å². The Balaban J connectivity index is -0.000000146. The van der Waals surface area contributed by atoms with Crippen LogP contribution in [0.5, 0.6) is 0 Å². The maximum Gasteiger partial charge on any atom is 1.00 e. The normalized spacial score (nSPS) is 5.75. The molecule has 0 aromatic heterocycles. The quantitative estimate of drug-likeness (QED) is 0.150. The second kappa shape index (κ2) is 14.4. The fourth-order valence-corrected chi connectivity index (χ4v) is 0.600. The molecule has 0 spiro atoms. The van der Waals surface area contributed by atoms with Crippen LogP contribution in [0.2, 0.25) is 0 Å². The molecule has 0 unspecified atom stereocenters. The molecule has 0 N–H and O–H groups in total. The number of hydrogen-bond donors (Lipinski definition) is 1. The van der Waals surface area contributed by atoms with Gasteiger partial charge in [0.1, 0.15) is 0 Å². The number of rotatable bonds is 0. The van der Waals surface area contributed by atoms with Crippen LogP contribution in [0.15, 0.2) is 35.2 Å². The van der Waals surface area contributed by atoms with E-state index in [1.54, 1.807) is 0 Å². The van der Waals surface area contributed by atoms with Crippen molar-refractivity contribution >= 4 is 12.6 Å². The van der Waals surface area contributed by atoms with Gasteiger partial charge in [-0.1, -0.05) is 18.2 Å². The van der Waals surface area contributed by atoms with E-state index in [-0.39, 0.29) is 59.1 Å². The molecule has 1 rings (SSSR count). The van der Waals surface area contributed by atoms with Gasteiger partial charge in [-0.05, 0) is 12.1 Å². The summed E-state index contributed by atoms with van der Waals surface area (Å²) < 4.78 is 0. The zero-order chi connectivity index (χ0) is 7.82. The van der Waals surface area contributed by atoms with Crippen LogP contribution in [0.4, 0.5) is 0 Å². The summed E-state index contributed by atoms with van der Waals surface area (Å²) in [7, 11) is 0. The van der Waals surface area contributed by atoms with Crippen LogP contribution >= 0.6 is 12.6 Å². The minimum absolute atomic E-state index is 0. The van der Waals surface area contributed by atoms with Crippen molar-refractivity contribution < 1.29 is 59.1 Å². The molecule has 6 heteroatoms. The number of nitrogens with zero attached hydrogens (tertiary/aromatic N) is 3. The summed E-state index contributed by atoms with van der Waals surface area (Å²) in [5, 5.41) is 0. The Morgan fingerprint density at radius 1 is 1.00 bits per heavy atom. The fourth-order valence-electron chi connectivity index (χ4n) is 0.428. The maximum absolute atomic E-state index is 6.75. The van der Waals surface area contributed by atoms with Gasteiger partial charge in [0.25, 0.3) is 0 Å². The topological polar surface area (TPSA) is 58.7 Å². The Morgan fingerprint density at radius 3 is 1.50 bits per heavy atom. The zero-order valence-electron chi connectivity index (χ0n) is 7.18. The summed E-state index contributed by atoms with van der Waals surface area (Å²) >= 11 is 4.08. The monoisotopic (exact) mass is 198 g/mol. The minimum atomic E-state index is 0. The molecule has 0 bridgehead atoms. The van der Waals surface area contributed by atoms with Gasteiger partial charge in [-0.15, -0.1) is 12.6 Å². The van der Waals surface area contributed by atoms with Crippen molar-refractivity contribution in [1.29, 1.82) is 0 Å². The van der Waals surface area contributed by atoms with E-state index in [2.05, 4.69) is 12.6 Å². The molecule has 3 nitrogen and oxygen atoms in total. The van der Waals surface area contributed by atoms with Gasteiger partial charge in [-0.3, -0.25) is 4.91 Å². The molecule has 0 saturated heterocycles.